The quantitative estimate of drug-likeness (QED) is 0.812. The Balaban J connectivity index is 2.88. The molecule has 0 bridgehead atoms. The molecule has 114 valence electrons. The van der Waals surface area contributed by atoms with Gasteiger partial charge in [-0.2, -0.15) is 0 Å². The number of amides is 1. The highest BCUT2D eigenvalue weighted by molar-refractivity contribution is 7.91. The topological polar surface area (TPSA) is 76.5 Å². The predicted octanol–water partition coefficient (Wildman–Crippen LogP) is 2.56. The first-order valence-corrected chi connectivity index (χ1v) is 8.56. The third-order valence-electron chi connectivity index (χ3n) is 3.33. The number of hydrogen-bond donors (Lipinski definition) is 0. The third kappa shape index (κ3) is 2.96. The summed E-state index contributed by atoms with van der Waals surface area (Å²) < 4.78 is 24.6. The van der Waals surface area contributed by atoms with Gasteiger partial charge in [-0.1, -0.05) is 19.1 Å². The number of hydrogen-bond acceptors (Lipinski definition) is 4. The minimum atomic E-state index is -3.53. The molecule has 1 amide bonds. The fraction of sp³-hybridized carbons (Fsp3) is 0.188. The molecule has 2 rings (SSSR count). The summed E-state index contributed by atoms with van der Waals surface area (Å²) in [6.45, 7) is 5.03. The van der Waals surface area contributed by atoms with Gasteiger partial charge < -0.3 is 0 Å². The smallest absolute Gasteiger partial charge is 0.267 e. The van der Waals surface area contributed by atoms with Crippen LogP contribution in [0.3, 0.4) is 0 Å². The maximum Gasteiger partial charge on any atom is 0.276 e. The monoisotopic (exact) mass is 316 g/mol. The van der Waals surface area contributed by atoms with Gasteiger partial charge in [-0.15, -0.1) is 0 Å². The molecule has 0 saturated heterocycles. The van der Waals surface area contributed by atoms with Gasteiger partial charge in [0.1, 0.15) is 0 Å². The Morgan fingerprint density at radius 1 is 1.32 bits per heavy atom. The number of carbonyl (C=O) groups is 1. The fourth-order valence-corrected chi connectivity index (χ4v) is 3.72. The standard InChI is InChI=1S/C16H16N2O3S/c1-4-12-14(16(19)17-2)8-7-13(15(12)22(3,20)21)11-6-5-9-18-10-11/h5-10H,2,4H2,1,3H3. The van der Waals surface area contributed by atoms with Crippen LogP contribution in [0.1, 0.15) is 22.8 Å². The van der Waals surface area contributed by atoms with Crippen LogP contribution < -0.4 is 0 Å². The van der Waals surface area contributed by atoms with Gasteiger partial charge in [0, 0.05) is 35.3 Å². The molecule has 0 radical (unpaired) electrons. The lowest BCUT2D eigenvalue weighted by Gasteiger charge is -2.15. The minimum absolute atomic E-state index is 0.150. The second kappa shape index (κ2) is 6.19. The number of rotatable bonds is 4. The van der Waals surface area contributed by atoms with Crippen molar-refractivity contribution in [1.82, 2.24) is 4.98 Å². The molecule has 0 aliphatic heterocycles. The Kier molecular flexibility index (Phi) is 4.51. The molecule has 1 aromatic carbocycles. The lowest BCUT2D eigenvalue weighted by molar-refractivity contribution is 0.100. The summed E-state index contributed by atoms with van der Waals surface area (Å²) >= 11 is 0. The van der Waals surface area contributed by atoms with Gasteiger partial charge in [-0.05, 0) is 30.8 Å². The first-order valence-electron chi connectivity index (χ1n) is 6.67. The van der Waals surface area contributed by atoms with Crippen LogP contribution in [0.2, 0.25) is 0 Å². The highest BCUT2D eigenvalue weighted by atomic mass is 32.2. The molecule has 1 aromatic heterocycles. The Bertz CT molecular complexity index is 828. The number of aromatic nitrogens is 1. The van der Waals surface area contributed by atoms with Crippen molar-refractivity contribution in [3.8, 4) is 11.1 Å². The van der Waals surface area contributed by atoms with Gasteiger partial charge in [-0.25, -0.2) is 13.4 Å². The summed E-state index contributed by atoms with van der Waals surface area (Å²) in [4.78, 5) is 19.5. The van der Waals surface area contributed by atoms with Crippen LogP contribution in [-0.4, -0.2) is 32.3 Å². The van der Waals surface area contributed by atoms with Gasteiger partial charge in [0.15, 0.2) is 9.84 Å². The molecule has 0 N–H and O–H groups in total. The van der Waals surface area contributed by atoms with E-state index in [1.807, 2.05) is 0 Å². The van der Waals surface area contributed by atoms with Crippen molar-refractivity contribution in [2.45, 2.75) is 18.2 Å². The van der Waals surface area contributed by atoms with Crippen LogP contribution in [0.5, 0.6) is 0 Å². The Morgan fingerprint density at radius 3 is 2.55 bits per heavy atom. The molecular formula is C16H16N2O3S. The summed E-state index contributed by atoms with van der Waals surface area (Å²) in [5, 5.41) is 0. The lowest BCUT2D eigenvalue weighted by atomic mass is 9.98. The summed E-state index contributed by atoms with van der Waals surface area (Å²) in [7, 11) is -3.53. The molecule has 1 heterocycles. The molecule has 0 unspecified atom stereocenters. The average Bonchev–Trinajstić information content (AvgIpc) is 2.52. The Hall–Kier alpha value is -2.34. The molecule has 0 saturated carbocycles. The zero-order valence-corrected chi connectivity index (χ0v) is 13.2. The van der Waals surface area contributed by atoms with E-state index in [1.54, 1.807) is 43.6 Å². The van der Waals surface area contributed by atoms with Crippen molar-refractivity contribution >= 4 is 22.5 Å². The molecule has 6 heteroatoms. The number of carbonyl (C=O) groups excluding carboxylic acids is 1. The van der Waals surface area contributed by atoms with Gasteiger partial charge in [0.2, 0.25) is 0 Å². The van der Waals surface area contributed by atoms with E-state index < -0.39 is 15.7 Å². The molecule has 0 atom stereocenters. The van der Waals surface area contributed by atoms with E-state index in [2.05, 4.69) is 16.7 Å². The van der Waals surface area contributed by atoms with E-state index in [-0.39, 0.29) is 10.5 Å². The number of sulfone groups is 1. The van der Waals surface area contributed by atoms with E-state index >= 15 is 0 Å². The van der Waals surface area contributed by atoms with E-state index in [0.717, 1.165) is 6.26 Å². The van der Waals surface area contributed by atoms with Gasteiger partial charge >= 0.3 is 0 Å². The van der Waals surface area contributed by atoms with Crippen LogP contribution in [0, 0.1) is 0 Å². The second-order valence-corrected chi connectivity index (χ2v) is 6.75. The van der Waals surface area contributed by atoms with Crippen molar-refractivity contribution in [2.24, 2.45) is 4.99 Å². The molecule has 0 fully saturated rings. The van der Waals surface area contributed by atoms with Crippen molar-refractivity contribution in [3.05, 3.63) is 47.8 Å². The fourth-order valence-electron chi connectivity index (χ4n) is 2.44. The number of pyridine rings is 1. The zero-order chi connectivity index (χ0) is 16.3. The highest BCUT2D eigenvalue weighted by Gasteiger charge is 2.23. The van der Waals surface area contributed by atoms with Gasteiger partial charge in [-0.3, -0.25) is 9.78 Å². The second-order valence-electron chi connectivity index (χ2n) is 4.80. The number of benzene rings is 1. The molecule has 5 nitrogen and oxygen atoms in total. The lowest BCUT2D eigenvalue weighted by Crippen LogP contribution is -2.10. The Morgan fingerprint density at radius 2 is 2.05 bits per heavy atom. The summed E-state index contributed by atoms with van der Waals surface area (Å²) in [6.07, 6.45) is 4.74. The van der Waals surface area contributed by atoms with Crippen molar-refractivity contribution < 1.29 is 13.2 Å². The highest BCUT2D eigenvalue weighted by Crippen LogP contribution is 2.32. The summed E-state index contributed by atoms with van der Waals surface area (Å²) in [5.74, 6) is -0.528. The SMILES string of the molecule is C=NC(=O)c1ccc(-c2cccnc2)c(S(C)(=O)=O)c1CC. The van der Waals surface area contributed by atoms with Crippen LogP contribution in [0.15, 0.2) is 46.5 Å². The van der Waals surface area contributed by atoms with E-state index in [1.165, 1.54) is 0 Å². The van der Waals surface area contributed by atoms with Crippen LogP contribution in [0.4, 0.5) is 0 Å². The molecule has 0 aliphatic carbocycles. The molecular weight excluding hydrogens is 300 g/mol. The molecule has 22 heavy (non-hydrogen) atoms. The molecule has 0 aliphatic rings. The van der Waals surface area contributed by atoms with Crippen LogP contribution >= 0.6 is 0 Å². The average molecular weight is 316 g/mol. The van der Waals surface area contributed by atoms with E-state index in [9.17, 15) is 13.2 Å². The van der Waals surface area contributed by atoms with E-state index in [0.29, 0.717) is 23.1 Å². The van der Waals surface area contributed by atoms with Crippen LogP contribution in [-0.2, 0) is 16.3 Å². The predicted molar refractivity (Wildman–Crippen MR) is 86.0 cm³/mol. The van der Waals surface area contributed by atoms with Gasteiger partial charge in [0.05, 0.1) is 4.90 Å². The minimum Gasteiger partial charge on any atom is -0.267 e. The van der Waals surface area contributed by atoms with E-state index in [4.69, 9.17) is 0 Å². The third-order valence-corrected chi connectivity index (χ3v) is 4.54. The zero-order valence-electron chi connectivity index (χ0n) is 12.4. The van der Waals surface area contributed by atoms with Crippen molar-refractivity contribution in [2.75, 3.05) is 6.26 Å². The number of nitrogens with zero attached hydrogens (tertiary/aromatic N) is 2. The first-order chi connectivity index (χ1) is 10.4. The first kappa shape index (κ1) is 16.0. The molecule has 0 spiro atoms. The molecule has 2 aromatic rings. The maximum absolute atomic E-state index is 12.3. The Labute approximate surface area is 129 Å². The van der Waals surface area contributed by atoms with Crippen molar-refractivity contribution in [3.63, 3.8) is 0 Å². The summed E-state index contributed by atoms with van der Waals surface area (Å²) in [6, 6.07) is 6.72. The maximum atomic E-state index is 12.3. The van der Waals surface area contributed by atoms with Crippen molar-refractivity contribution in [1.29, 1.82) is 0 Å². The largest absolute Gasteiger partial charge is 0.276 e. The van der Waals surface area contributed by atoms with Gasteiger partial charge in [0.25, 0.3) is 5.91 Å². The normalized spacial score (nSPS) is 11.2. The number of aliphatic imine (C=N–C) groups is 1. The summed E-state index contributed by atoms with van der Waals surface area (Å²) in [5.41, 5.74) is 1.95. The van der Waals surface area contributed by atoms with Crippen LogP contribution in [0.25, 0.3) is 11.1 Å².